The highest BCUT2D eigenvalue weighted by Crippen LogP contribution is 2.55. The number of rotatable bonds is 5. The molecule has 0 saturated carbocycles. The Hall–Kier alpha value is -2.10. The number of aliphatic hydroxyl groups excluding tert-OH is 1. The molecule has 3 aliphatic rings. The Morgan fingerprint density at radius 1 is 1.33 bits per heavy atom. The monoisotopic (exact) mass is 394 g/mol. The van der Waals surface area contributed by atoms with Crippen LogP contribution in [0.25, 0.3) is 0 Å². The van der Waals surface area contributed by atoms with Crippen LogP contribution in [0.15, 0.2) is 42.6 Å². The Kier molecular flexibility index (Phi) is 4.73. The number of allylic oxidation sites excluding steroid dienone is 2. The molecule has 0 amide bonds. The van der Waals surface area contributed by atoms with Crippen LogP contribution in [-0.2, 0) is 4.79 Å². The third-order valence-electron chi connectivity index (χ3n) is 5.50. The molecular weight excluding hydrogens is 372 g/mol. The predicted molar refractivity (Wildman–Crippen MR) is 96.3 cm³/mol. The number of nitrogens with zero attached hydrogens (tertiary/aromatic N) is 4. The molecule has 8 nitrogen and oxygen atoms in total. The summed E-state index contributed by atoms with van der Waals surface area (Å²) in [6.45, 7) is 3.42. The average molecular weight is 395 g/mol. The molecule has 27 heavy (non-hydrogen) atoms. The lowest BCUT2D eigenvalue weighted by atomic mass is 9.98. The number of β-amino-alcohol motifs (C(OH)–C–C–N with tert-alkyl or cyclic N) is 1. The van der Waals surface area contributed by atoms with Crippen molar-refractivity contribution in [3.8, 4) is 0 Å². The van der Waals surface area contributed by atoms with Gasteiger partial charge in [-0.05, 0) is 36.0 Å². The van der Waals surface area contributed by atoms with Gasteiger partial charge in [0.25, 0.3) is 0 Å². The Labute approximate surface area is 163 Å². The molecule has 9 heteroatoms. The third-order valence-corrected chi connectivity index (χ3v) is 5.50. The van der Waals surface area contributed by atoms with Crippen molar-refractivity contribution in [2.45, 2.75) is 32.1 Å². The van der Waals surface area contributed by atoms with Gasteiger partial charge in [-0.25, -0.2) is 0 Å². The van der Waals surface area contributed by atoms with E-state index in [2.05, 4.69) is 0 Å². The van der Waals surface area contributed by atoms with Gasteiger partial charge >= 0.3 is 0 Å². The fourth-order valence-electron chi connectivity index (χ4n) is 4.41. The van der Waals surface area contributed by atoms with Crippen LogP contribution in [0.3, 0.4) is 0 Å². The van der Waals surface area contributed by atoms with E-state index in [4.69, 9.17) is 0 Å². The maximum Gasteiger partial charge on any atom is 0.246 e. The molecule has 0 saturated heterocycles. The SMILES string of the molecule is CCC1N(O)c2ccc3cc2[N+]1(O)N3C1(C(C)=O)C=CC=CN1CCO.[Cl-]. The van der Waals surface area contributed by atoms with Gasteiger partial charge in [0, 0.05) is 25.2 Å². The summed E-state index contributed by atoms with van der Waals surface area (Å²) in [5, 5.41) is 34.5. The van der Waals surface area contributed by atoms with Crippen LogP contribution < -0.4 is 27.2 Å². The van der Waals surface area contributed by atoms with Crippen LogP contribution in [0.1, 0.15) is 20.3 Å². The Balaban J connectivity index is 0.00000210. The summed E-state index contributed by atoms with van der Waals surface area (Å²) in [5.41, 5.74) is 0.409. The van der Waals surface area contributed by atoms with E-state index < -0.39 is 16.6 Å². The number of quaternary nitrogens is 1. The fraction of sp³-hybridized carbons (Fsp3) is 0.389. The van der Waals surface area contributed by atoms with Crippen molar-refractivity contribution in [2.24, 2.45) is 0 Å². The van der Waals surface area contributed by atoms with Crippen LogP contribution in [0.5, 0.6) is 0 Å². The smallest absolute Gasteiger partial charge is 0.246 e. The van der Waals surface area contributed by atoms with Crippen molar-refractivity contribution >= 4 is 22.8 Å². The number of hydrogen-bond donors (Lipinski definition) is 3. The highest BCUT2D eigenvalue weighted by atomic mass is 35.5. The van der Waals surface area contributed by atoms with Gasteiger partial charge in [-0.1, -0.05) is 13.0 Å². The van der Waals surface area contributed by atoms with Crippen LogP contribution in [-0.4, -0.2) is 51.2 Å². The summed E-state index contributed by atoms with van der Waals surface area (Å²) in [6.07, 6.45) is 6.79. The quantitative estimate of drug-likeness (QED) is 0.537. The molecule has 3 N–H and O–H groups in total. The molecule has 3 atom stereocenters. The van der Waals surface area contributed by atoms with Crippen molar-refractivity contribution < 1.29 is 32.7 Å². The van der Waals surface area contributed by atoms with Crippen LogP contribution >= 0.6 is 0 Å². The number of aliphatic hydroxyl groups is 1. The van der Waals surface area contributed by atoms with Crippen molar-refractivity contribution in [1.82, 2.24) is 9.66 Å². The molecule has 146 valence electrons. The fourth-order valence-corrected chi connectivity index (χ4v) is 4.41. The highest BCUT2D eigenvalue weighted by molar-refractivity contribution is 5.95. The van der Waals surface area contributed by atoms with E-state index in [0.29, 0.717) is 23.5 Å². The van der Waals surface area contributed by atoms with Crippen molar-refractivity contribution in [2.75, 3.05) is 23.2 Å². The first kappa shape index (κ1) is 19.7. The maximum absolute atomic E-state index is 13.0. The van der Waals surface area contributed by atoms with Gasteiger partial charge in [0.15, 0.2) is 5.78 Å². The zero-order valence-electron chi connectivity index (χ0n) is 15.2. The molecule has 4 rings (SSSR count). The van der Waals surface area contributed by atoms with E-state index >= 15 is 0 Å². The standard InChI is InChI=1S/C18H23N4O4.ClH/c1-3-17-20(25)15-7-6-14-12-16(15)22(17,26)21(14)18(13(2)24)8-4-5-9-19(18)10-11-23;/h4-9,12,17,23,25-26H,3,10-11H2,1-2H3;1H/q+1;/p-1. The van der Waals surface area contributed by atoms with Crippen molar-refractivity contribution in [3.05, 3.63) is 42.6 Å². The van der Waals surface area contributed by atoms with Gasteiger partial charge in [0.2, 0.25) is 17.5 Å². The molecule has 1 aromatic rings. The number of fused-ring (bicyclic) bond motifs is 1. The summed E-state index contributed by atoms with van der Waals surface area (Å²) >= 11 is 0. The Morgan fingerprint density at radius 2 is 2.07 bits per heavy atom. The number of Topliss-reactive ketones (excluding diaryl/α,β-unsaturated/α-hetero) is 1. The van der Waals surface area contributed by atoms with Gasteiger partial charge in [0.1, 0.15) is 11.4 Å². The molecule has 3 aliphatic heterocycles. The van der Waals surface area contributed by atoms with Crippen molar-refractivity contribution in [3.63, 3.8) is 0 Å². The lowest BCUT2D eigenvalue weighted by Crippen LogP contribution is -3.00. The number of anilines is 2. The second-order valence-electron chi connectivity index (χ2n) is 6.77. The largest absolute Gasteiger partial charge is 1.00 e. The lowest BCUT2D eigenvalue weighted by molar-refractivity contribution is -0.159. The second kappa shape index (κ2) is 6.50. The summed E-state index contributed by atoms with van der Waals surface area (Å²) in [5.74, 6) is -0.201. The number of benzene rings is 1. The van der Waals surface area contributed by atoms with E-state index in [-0.39, 0.29) is 31.3 Å². The van der Waals surface area contributed by atoms with E-state index in [9.17, 15) is 20.3 Å². The average Bonchev–Trinajstić information content (AvgIpc) is 2.97. The van der Waals surface area contributed by atoms with Gasteiger partial charge in [-0.2, -0.15) is 10.3 Å². The molecule has 2 bridgehead atoms. The molecule has 3 unspecified atom stereocenters. The predicted octanol–water partition coefficient (Wildman–Crippen LogP) is -1.27. The number of hydroxylamine groups is 2. The highest BCUT2D eigenvalue weighted by Gasteiger charge is 2.67. The molecule has 0 radical (unpaired) electrons. The van der Waals surface area contributed by atoms with Crippen molar-refractivity contribution in [1.29, 1.82) is 0 Å². The van der Waals surface area contributed by atoms with Crippen LogP contribution in [0.4, 0.5) is 17.1 Å². The molecular formula is C18H23ClN4O4. The third kappa shape index (κ3) is 2.22. The van der Waals surface area contributed by atoms with E-state index in [1.54, 1.807) is 52.5 Å². The molecule has 1 aromatic carbocycles. The maximum atomic E-state index is 13.0. The topological polar surface area (TPSA) is 87.5 Å². The number of carbonyl (C=O) groups excluding carboxylic acids is 1. The summed E-state index contributed by atoms with van der Waals surface area (Å²) in [7, 11) is 0. The van der Waals surface area contributed by atoms with Gasteiger partial charge < -0.3 is 22.4 Å². The van der Waals surface area contributed by atoms with Crippen LogP contribution in [0.2, 0.25) is 0 Å². The second-order valence-corrected chi connectivity index (χ2v) is 6.77. The van der Waals surface area contributed by atoms with Crippen LogP contribution in [0, 0.1) is 0 Å². The number of carbonyl (C=O) groups is 1. The minimum Gasteiger partial charge on any atom is -1.00 e. The Morgan fingerprint density at radius 3 is 2.70 bits per heavy atom. The summed E-state index contributed by atoms with van der Waals surface area (Å²) in [4.78, 5) is 14.7. The first-order valence-electron chi connectivity index (χ1n) is 8.72. The van der Waals surface area contributed by atoms with Gasteiger partial charge in [-0.15, -0.1) is 5.01 Å². The molecule has 0 aromatic heterocycles. The minimum absolute atomic E-state index is 0. The summed E-state index contributed by atoms with van der Waals surface area (Å²) < 4.78 is -0.704. The van der Waals surface area contributed by atoms with Gasteiger partial charge in [-0.3, -0.25) is 10.0 Å². The first-order valence-corrected chi connectivity index (χ1v) is 8.72. The number of halogens is 1. The lowest BCUT2D eigenvalue weighted by Gasteiger charge is -2.51. The Bertz CT molecular complexity index is 832. The zero-order chi connectivity index (χ0) is 18.7. The molecule has 0 fully saturated rings. The van der Waals surface area contributed by atoms with E-state index in [1.165, 1.54) is 6.92 Å². The van der Waals surface area contributed by atoms with E-state index in [1.807, 2.05) is 6.92 Å². The van der Waals surface area contributed by atoms with E-state index in [0.717, 1.165) is 5.06 Å². The molecule has 0 aliphatic carbocycles. The zero-order valence-corrected chi connectivity index (χ0v) is 15.9. The number of hydrogen-bond acceptors (Lipinski definition) is 7. The first-order chi connectivity index (χ1) is 12.4. The van der Waals surface area contributed by atoms with Gasteiger partial charge in [0.05, 0.1) is 6.61 Å². The molecule has 3 heterocycles. The normalized spacial score (nSPS) is 30.1. The summed E-state index contributed by atoms with van der Waals surface area (Å²) in [6, 6.07) is 5.32. The number of ketones is 1. The molecule has 0 spiro atoms. The minimum atomic E-state index is -1.32.